The summed E-state index contributed by atoms with van der Waals surface area (Å²) in [7, 11) is 1.57. The Morgan fingerprint density at radius 2 is 1.91 bits per heavy atom. The van der Waals surface area contributed by atoms with Gasteiger partial charge in [-0.1, -0.05) is 42.5 Å². The lowest BCUT2D eigenvalue weighted by molar-refractivity contribution is 0.0930. The third kappa shape index (κ3) is 4.30. The molecule has 7 heteroatoms. The van der Waals surface area contributed by atoms with Crippen molar-refractivity contribution < 1.29 is 9.53 Å². The molecule has 1 aliphatic carbocycles. The first kappa shape index (κ1) is 21.4. The highest BCUT2D eigenvalue weighted by atomic mass is 16.5. The molecule has 1 fully saturated rings. The second-order valence-corrected chi connectivity index (χ2v) is 8.16. The standard InChI is InChI=1S/C25H27N5O2/c1-32-22-10-6-5-9-21(22)23(31)28-17-25(19-7-3-2-4-8-19)13-11-20(12-14-25)30-16-15-27-24(30)29-18-26/h2-10,15-16,20H,11-14,17H2,1H3,(H,27,29)(H,28,31). The number of anilines is 1. The van der Waals surface area contributed by atoms with Crippen LogP contribution in [0.25, 0.3) is 0 Å². The van der Waals surface area contributed by atoms with E-state index < -0.39 is 0 Å². The molecule has 1 saturated carbocycles. The number of nitrogens with zero attached hydrogens (tertiary/aromatic N) is 3. The number of carbonyl (C=O) groups excluding carboxylic acids is 1. The Labute approximate surface area is 188 Å². The Morgan fingerprint density at radius 1 is 1.19 bits per heavy atom. The Hall–Kier alpha value is -3.79. The van der Waals surface area contributed by atoms with Crippen LogP contribution in [0.3, 0.4) is 0 Å². The smallest absolute Gasteiger partial charge is 0.255 e. The third-order valence-corrected chi connectivity index (χ3v) is 6.47. The van der Waals surface area contributed by atoms with Crippen molar-refractivity contribution in [2.45, 2.75) is 37.1 Å². The topological polar surface area (TPSA) is 92.0 Å². The van der Waals surface area contributed by atoms with Crippen LogP contribution in [0.4, 0.5) is 5.95 Å². The lowest BCUT2D eigenvalue weighted by Gasteiger charge is -2.41. The Balaban J connectivity index is 1.53. The van der Waals surface area contributed by atoms with Gasteiger partial charge in [0.05, 0.1) is 12.7 Å². The van der Waals surface area contributed by atoms with Gasteiger partial charge in [0.1, 0.15) is 5.75 Å². The summed E-state index contributed by atoms with van der Waals surface area (Å²) < 4.78 is 7.40. The maximum atomic E-state index is 13.0. The van der Waals surface area contributed by atoms with E-state index in [0.717, 1.165) is 25.7 Å². The van der Waals surface area contributed by atoms with E-state index in [1.807, 2.05) is 35.2 Å². The largest absolute Gasteiger partial charge is 0.496 e. The van der Waals surface area contributed by atoms with Crippen LogP contribution < -0.4 is 15.4 Å². The van der Waals surface area contributed by atoms with Gasteiger partial charge in [0, 0.05) is 30.4 Å². The molecule has 1 aromatic heterocycles. The zero-order chi connectivity index (χ0) is 22.4. The minimum absolute atomic E-state index is 0.130. The number of imidazole rings is 1. The second-order valence-electron chi connectivity index (χ2n) is 8.16. The molecule has 0 aliphatic heterocycles. The predicted octanol–water partition coefficient (Wildman–Crippen LogP) is 4.27. The number of para-hydroxylation sites is 1. The van der Waals surface area contributed by atoms with E-state index in [1.165, 1.54) is 5.56 Å². The average molecular weight is 430 g/mol. The minimum atomic E-state index is -0.154. The Kier molecular flexibility index (Phi) is 6.41. The first-order valence-corrected chi connectivity index (χ1v) is 10.8. The summed E-state index contributed by atoms with van der Waals surface area (Å²) in [6.45, 7) is 0.549. The first-order valence-electron chi connectivity index (χ1n) is 10.8. The van der Waals surface area contributed by atoms with Gasteiger partial charge >= 0.3 is 0 Å². The van der Waals surface area contributed by atoms with Crippen molar-refractivity contribution in [1.82, 2.24) is 14.9 Å². The van der Waals surface area contributed by atoms with Crippen molar-refractivity contribution in [3.63, 3.8) is 0 Å². The van der Waals surface area contributed by atoms with Gasteiger partial charge in [0.15, 0.2) is 6.19 Å². The molecule has 2 N–H and O–H groups in total. The van der Waals surface area contributed by atoms with E-state index >= 15 is 0 Å². The summed E-state index contributed by atoms with van der Waals surface area (Å²) in [6.07, 6.45) is 9.28. The molecule has 4 rings (SSSR count). The van der Waals surface area contributed by atoms with Gasteiger partial charge in [0.2, 0.25) is 5.95 Å². The van der Waals surface area contributed by atoms with Crippen molar-refractivity contribution in [3.05, 3.63) is 78.1 Å². The number of amides is 1. The molecule has 0 unspecified atom stereocenters. The molecule has 0 bridgehead atoms. The number of carbonyl (C=O) groups is 1. The SMILES string of the molecule is COc1ccccc1C(=O)NCC1(c2ccccc2)CCC(n2ccnc2NC#N)CC1. The molecule has 3 aromatic rings. The quantitative estimate of drug-likeness (QED) is 0.432. The molecule has 7 nitrogen and oxygen atoms in total. The molecule has 0 atom stereocenters. The van der Waals surface area contributed by atoms with Gasteiger partial charge < -0.3 is 14.6 Å². The highest BCUT2D eigenvalue weighted by molar-refractivity contribution is 5.96. The van der Waals surface area contributed by atoms with Crippen LogP contribution in [0.5, 0.6) is 5.75 Å². The maximum absolute atomic E-state index is 13.0. The molecule has 164 valence electrons. The summed E-state index contributed by atoms with van der Waals surface area (Å²) >= 11 is 0. The number of hydrogen-bond acceptors (Lipinski definition) is 5. The van der Waals surface area contributed by atoms with Gasteiger partial charge in [-0.15, -0.1) is 0 Å². The third-order valence-electron chi connectivity index (χ3n) is 6.47. The van der Waals surface area contributed by atoms with Gasteiger partial charge in [-0.3, -0.25) is 10.1 Å². The van der Waals surface area contributed by atoms with E-state index in [2.05, 4.69) is 39.9 Å². The lowest BCUT2D eigenvalue weighted by atomic mass is 9.68. The van der Waals surface area contributed by atoms with Gasteiger partial charge in [0.25, 0.3) is 5.91 Å². The fourth-order valence-electron chi connectivity index (χ4n) is 4.72. The van der Waals surface area contributed by atoms with Crippen molar-refractivity contribution in [1.29, 1.82) is 5.26 Å². The summed E-state index contributed by atoms with van der Waals surface area (Å²) in [5.74, 6) is 1.02. The molecule has 1 heterocycles. The lowest BCUT2D eigenvalue weighted by Crippen LogP contribution is -2.43. The van der Waals surface area contributed by atoms with Crippen LogP contribution >= 0.6 is 0 Å². The Morgan fingerprint density at radius 3 is 2.62 bits per heavy atom. The average Bonchev–Trinajstić information content (AvgIpc) is 3.32. The van der Waals surface area contributed by atoms with Crippen LogP contribution in [-0.4, -0.2) is 29.1 Å². The van der Waals surface area contributed by atoms with E-state index in [9.17, 15) is 4.79 Å². The van der Waals surface area contributed by atoms with Crippen molar-refractivity contribution >= 4 is 11.9 Å². The van der Waals surface area contributed by atoms with Gasteiger partial charge in [-0.2, -0.15) is 5.26 Å². The number of rotatable bonds is 7. The van der Waals surface area contributed by atoms with E-state index in [4.69, 9.17) is 10.00 Å². The molecule has 0 saturated heterocycles. The molecule has 32 heavy (non-hydrogen) atoms. The van der Waals surface area contributed by atoms with Gasteiger partial charge in [-0.25, -0.2) is 4.98 Å². The number of benzene rings is 2. The van der Waals surface area contributed by atoms with Gasteiger partial charge in [-0.05, 0) is 43.4 Å². The molecular weight excluding hydrogens is 402 g/mol. The first-order chi connectivity index (χ1) is 15.7. The molecule has 1 amide bonds. The number of nitriles is 1. The van der Waals surface area contributed by atoms with E-state index in [1.54, 1.807) is 25.4 Å². The van der Waals surface area contributed by atoms with Crippen LogP contribution in [0, 0.1) is 11.5 Å². The number of nitrogens with one attached hydrogen (secondary N) is 2. The molecule has 1 aliphatic rings. The highest BCUT2D eigenvalue weighted by Crippen LogP contribution is 2.43. The fraction of sp³-hybridized carbons (Fsp3) is 0.320. The number of methoxy groups -OCH3 is 1. The molecular formula is C25H27N5O2. The second kappa shape index (κ2) is 9.56. The monoisotopic (exact) mass is 429 g/mol. The summed E-state index contributed by atoms with van der Waals surface area (Å²) in [4.78, 5) is 17.2. The highest BCUT2D eigenvalue weighted by Gasteiger charge is 2.38. The summed E-state index contributed by atoms with van der Waals surface area (Å²) in [6, 6.07) is 17.9. The zero-order valence-electron chi connectivity index (χ0n) is 18.1. The Bertz CT molecular complexity index is 1090. The number of hydrogen-bond donors (Lipinski definition) is 2. The van der Waals surface area contributed by atoms with Crippen LogP contribution in [0.2, 0.25) is 0 Å². The van der Waals surface area contributed by atoms with Crippen LogP contribution in [0.15, 0.2) is 67.0 Å². The molecule has 0 radical (unpaired) electrons. The van der Waals surface area contributed by atoms with Crippen LogP contribution in [0.1, 0.15) is 47.6 Å². The van der Waals surface area contributed by atoms with E-state index in [-0.39, 0.29) is 17.4 Å². The van der Waals surface area contributed by atoms with Crippen LogP contribution in [-0.2, 0) is 5.41 Å². The molecule has 2 aromatic carbocycles. The van der Waals surface area contributed by atoms with Crippen molar-refractivity contribution in [3.8, 4) is 11.9 Å². The van der Waals surface area contributed by atoms with E-state index in [0.29, 0.717) is 23.8 Å². The maximum Gasteiger partial charge on any atom is 0.255 e. The predicted molar refractivity (Wildman–Crippen MR) is 122 cm³/mol. The van der Waals surface area contributed by atoms with Crippen molar-refractivity contribution in [2.24, 2.45) is 0 Å². The van der Waals surface area contributed by atoms with Crippen molar-refractivity contribution in [2.75, 3.05) is 19.0 Å². The molecule has 0 spiro atoms. The zero-order valence-corrected chi connectivity index (χ0v) is 18.1. The summed E-state index contributed by atoms with van der Waals surface area (Å²) in [5.41, 5.74) is 1.62. The summed E-state index contributed by atoms with van der Waals surface area (Å²) in [5, 5.41) is 14.8. The minimum Gasteiger partial charge on any atom is -0.496 e. The normalized spacial score (nSPS) is 20.2. The fourth-order valence-corrected chi connectivity index (χ4v) is 4.72. The number of aromatic nitrogens is 2. The number of ether oxygens (including phenoxy) is 1.